The molecule has 1 aliphatic carbocycles. The summed E-state index contributed by atoms with van der Waals surface area (Å²) in [7, 11) is 1.33. The molecule has 2 amide bonds. The third kappa shape index (κ3) is 3.11. The maximum absolute atomic E-state index is 12.0. The van der Waals surface area contributed by atoms with Crippen molar-refractivity contribution in [3.05, 3.63) is 34.5 Å². The molecule has 0 aromatic carbocycles. The van der Waals surface area contributed by atoms with Gasteiger partial charge in [0.1, 0.15) is 0 Å². The zero-order valence-electron chi connectivity index (χ0n) is 12.0. The Hall–Kier alpha value is -2.35. The van der Waals surface area contributed by atoms with Crippen LogP contribution in [-0.4, -0.2) is 35.3 Å². The van der Waals surface area contributed by atoms with Crippen LogP contribution in [0.25, 0.3) is 0 Å². The molecule has 8 heteroatoms. The minimum Gasteiger partial charge on any atom is -0.465 e. The Bertz CT molecular complexity index is 694. The van der Waals surface area contributed by atoms with Crippen LogP contribution in [0, 0.1) is 0 Å². The Morgan fingerprint density at radius 3 is 3.18 bits per heavy atom. The lowest BCUT2D eigenvalue weighted by Crippen LogP contribution is -2.41. The van der Waals surface area contributed by atoms with Gasteiger partial charge in [0, 0.05) is 23.5 Å². The van der Waals surface area contributed by atoms with Gasteiger partial charge in [0.05, 0.1) is 23.9 Å². The number of hydrogen-bond donors (Lipinski definition) is 3. The summed E-state index contributed by atoms with van der Waals surface area (Å²) in [6, 6.07) is 1.41. The summed E-state index contributed by atoms with van der Waals surface area (Å²) in [5.74, 6) is -0.413. The first kappa shape index (κ1) is 14.6. The number of fused-ring (bicyclic) bond motifs is 1. The number of thiophene rings is 1. The first-order valence-corrected chi connectivity index (χ1v) is 7.79. The molecule has 0 aliphatic heterocycles. The molecule has 0 fully saturated rings. The number of carbonyl (C=O) groups is 2. The molecule has 0 saturated heterocycles. The lowest BCUT2D eigenvalue weighted by atomic mass is 9.94. The molecule has 0 spiro atoms. The molecule has 3 rings (SSSR count). The van der Waals surface area contributed by atoms with E-state index < -0.39 is 5.97 Å². The van der Waals surface area contributed by atoms with Crippen molar-refractivity contribution in [2.75, 3.05) is 12.4 Å². The first-order valence-electron chi connectivity index (χ1n) is 6.91. The van der Waals surface area contributed by atoms with Gasteiger partial charge in [-0.25, -0.2) is 9.59 Å². The smallest absolute Gasteiger partial charge is 0.338 e. The van der Waals surface area contributed by atoms with E-state index >= 15 is 0 Å². The van der Waals surface area contributed by atoms with Crippen molar-refractivity contribution in [3.63, 3.8) is 0 Å². The molecule has 1 atom stereocenters. The molecular formula is C14H16N4O3S. The Morgan fingerprint density at radius 1 is 1.50 bits per heavy atom. The zero-order chi connectivity index (χ0) is 15.5. The van der Waals surface area contributed by atoms with Crippen LogP contribution < -0.4 is 10.6 Å². The molecular weight excluding hydrogens is 304 g/mol. The van der Waals surface area contributed by atoms with Gasteiger partial charge in [-0.2, -0.15) is 5.10 Å². The molecule has 7 nitrogen and oxygen atoms in total. The summed E-state index contributed by atoms with van der Waals surface area (Å²) < 4.78 is 4.63. The summed E-state index contributed by atoms with van der Waals surface area (Å²) in [6.07, 6.45) is 4.38. The topological polar surface area (TPSA) is 96.1 Å². The second kappa shape index (κ2) is 6.18. The van der Waals surface area contributed by atoms with Crippen LogP contribution in [0.15, 0.2) is 17.6 Å². The average Bonchev–Trinajstić information content (AvgIpc) is 3.14. The minimum absolute atomic E-state index is 0.0768. The third-order valence-corrected chi connectivity index (χ3v) is 4.46. The number of nitrogens with zero attached hydrogens (tertiary/aromatic N) is 1. The number of aryl methyl sites for hydroxylation is 1. The summed E-state index contributed by atoms with van der Waals surface area (Å²) in [4.78, 5) is 23.4. The standard InChI is InChI=1S/C14H16N4O3S/c1-21-13(19)9-4-12(22-7-9)17-14(20)16-10-3-2-8-6-15-18-11(8)5-10/h4,6-7,10H,2-3,5H2,1H3,(H,15,18)(H2,16,17,20)/t10-/m0/s1. The molecule has 0 bridgehead atoms. The van der Waals surface area contributed by atoms with Crippen LogP contribution in [0.2, 0.25) is 0 Å². The fourth-order valence-electron chi connectivity index (χ4n) is 2.49. The van der Waals surface area contributed by atoms with Gasteiger partial charge in [0.25, 0.3) is 0 Å². The van der Waals surface area contributed by atoms with Gasteiger partial charge in [-0.15, -0.1) is 11.3 Å². The second-order valence-corrected chi connectivity index (χ2v) is 6.01. The number of H-pyrrole nitrogens is 1. The van der Waals surface area contributed by atoms with E-state index in [0.29, 0.717) is 10.6 Å². The van der Waals surface area contributed by atoms with Crippen molar-refractivity contribution >= 4 is 28.3 Å². The number of anilines is 1. The quantitative estimate of drug-likeness (QED) is 0.753. The number of carbonyl (C=O) groups excluding carboxylic acids is 2. The number of amides is 2. The van der Waals surface area contributed by atoms with Gasteiger partial charge in [-0.05, 0) is 24.5 Å². The van der Waals surface area contributed by atoms with Crippen LogP contribution in [0.3, 0.4) is 0 Å². The van der Waals surface area contributed by atoms with E-state index in [-0.39, 0.29) is 12.1 Å². The van der Waals surface area contributed by atoms with Crippen LogP contribution in [0.1, 0.15) is 28.0 Å². The first-order chi connectivity index (χ1) is 10.7. The average molecular weight is 320 g/mol. The van der Waals surface area contributed by atoms with Gasteiger partial charge < -0.3 is 10.1 Å². The molecule has 116 valence electrons. The molecule has 1 aliphatic rings. The van der Waals surface area contributed by atoms with Gasteiger partial charge in [0.2, 0.25) is 0 Å². The number of urea groups is 1. The van der Waals surface area contributed by atoms with Crippen molar-refractivity contribution in [3.8, 4) is 0 Å². The summed E-state index contributed by atoms with van der Waals surface area (Å²) >= 11 is 1.28. The molecule has 3 N–H and O–H groups in total. The van der Waals surface area contributed by atoms with Crippen molar-refractivity contribution in [1.82, 2.24) is 15.5 Å². The third-order valence-electron chi connectivity index (χ3n) is 3.61. The Labute approximate surface area is 131 Å². The predicted molar refractivity (Wildman–Crippen MR) is 82.2 cm³/mol. The summed E-state index contributed by atoms with van der Waals surface area (Å²) in [5, 5.41) is 14.9. The maximum atomic E-state index is 12.0. The summed E-state index contributed by atoms with van der Waals surface area (Å²) in [5.41, 5.74) is 2.74. The highest BCUT2D eigenvalue weighted by molar-refractivity contribution is 7.14. The monoisotopic (exact) mass is 320 g/mol. The number of nitrogens with one attached hydrogen (secondary N) is 3. The lowest BCUT2D eigenvalue weighted by molar-refractivity contribution is 0.0601. The van der Waals surface area contributed by atoms with Crippen LogP contribution in [0.5, 0.6) is 0 Å². The number of esters is 1. The normalized spacial score (nSPS) is 16.7. The largest absolute Gasteiger partial charge is 0.465 e. The number of ether oxygens (including phenoxy) is 1. The number of aromatic nitrogens is 2. The van der Waals surface area contributed by atoms with Gasteiger partial charge in [-0.3, -0.25) is 10.4 Å². The van der Waals surface area contributed by atoms with E-state index in [1.807, 2.05) is 6.20 Å². The van der Waals surface area contributed by atoms with E-state index in [0.717, 1.165) is 25.0 Å². The number of aromatic amines is 1. The van der Waals surface area contributed by atoms with E-state index in [1.54, 1.807) is 11.4 Å². The van der Waals surface area contributed by atoms with Crippen LogP contribution >= 0.6 is 11.3 Å². The Kier molecular flexibility index (Phi) is 4.10. The molecule has 0 saturated carbocycles. The highest BCUT2D eigenvalue weighted by Gasteiger charge is 2.21. The highest BCUT2D eigenvalue weighted by atomic mass is 32.1. The maximum Gasteiger partial charge on any atom is 0.338 e. The fraction of sp³-hybridized carbons (Fsp3) is 0.357. The van der Waals surface area contributed by atoms with Crippen LogP contribution in [-0.2, 0) is 17.6 Å². The van der Waals surface area contributed by atoms with E-state index in [2.05, 4.69) is 25.6 Å². The fourth-order valence-corrected chi connectivity index (χ4v) is 3.26. The molecule has 2 heterocycles. The summed E-state index contributed by atoms with van der Waals surface area (Å²) in [6.45, 7) is 0. The van der Waals surface area contributed by atoms with E-state index in [4.69, 9.17) is 0 Å². The molecule has 22 heavy (non-hydrogen) atoms. The predicted octanol–water partition coefficient (Wildman–Crippen LogP) is 1.94. The van der Waals surface area contributed by atoms with E-state index in [1.165, 1.54) is 24.0 Å². The number of hydrogen-bond acceptors (Lipinski definition) is 5. The van der Waals surface area contributed by atoms with Gasteiger partial charge >= 0.3 is 12.0 Å². The van der Waals surface area contributed by atoms with Crippen molar-refractivity contribution in [2.45, 2.75) is 25.3 Å². The van der Waals surface area contributed by atoms with Gasteiger partial charge in [0.15, 0.2) is 0 Å². The SMILES string of the molecule is COC(=O)c1csc(NC(=O)N[C@H]2CCc3cn[nH]c3C2)c1. The van der Waals surface area contributed by atoms with Crippen molar-refractivity contribution in [2.24, 2.45) is 0 Å². The highest BCUT2D eigenvalue weighted by Crippen LogP contribution is 2.22. The second-order valence-electron chi connectivity index (χ2n) is 5.10. The number of rotatable bonds is 3. The molecule has 2 aromatic rings. The van der Waals surface area contributed by atoms with Gasteiger partial charge in [-0.1, -0.05) is 0 Å². The number of methoxy groups -OCH3 is 1. The van der Waals surface area contributed by atoms with E-state index in [9.17, 15) is 9.59 Å². The minimum atomic E-state index is -0.413. The van der Waals surface area contributed by atoms with Crippen molar-refractivity contribution in [1.29, 1.82) is 0 Å². The molecule has 0 radical (unpaired) electrons. The lowest BCUT2D eigenvalue weighted by Gasteiger charge is -2.22. The Morgan fingerprint density at radius 2 is 2.36 bits per heavy atom. The van der Waals surface area contributed by atoms with Crippen LogP contribution in [0.4, 0.5) is 9.80 Å². The zero-order valence-corrected chi connectivity index (χ0v) is 12.8. The molecule has 0 unspecified atom stereocenters. The Balaban J connectivity index is 1.55. The van der Waals surface area contributed by atoms with Crippen molar-refractivity contribution < 1.29 is 14.3 Å². The molecule has 2 aromatic heterocycles.